The number of nitrogens with zero attached hydrogens (tertiary/aromatic N) is 1. The molecular formula is C11H12F3NO. The first kappa shape index (κ1) is 12.5. The summed E-state index contributed by atoms with van der Waals surface area (Å²) < 4.78 is 39.0. The third-order valence-electron chi connectivity index (χ3n) is 2.23. The molecule has 2 nitrogen and oxygen atoms in total. The standard InChI is InChI=1S/C11H12F3NO/c1-3-5-9(6-4-2)10(11(12,13)14)7-8-15-16-10/h3-6,8H,1,7H2,2H3/b6-4-,9-5+. The fourth-order valence-corrected chi connectivity index (χ4v) is 1.46. The smallest absolute Gasteiger partial charge is 0.375 e. The van der Waals surface area contributed by atoms with Gasteiger partial charge in [0.1, 0.15) is 0 Å². The molecule has 0 aromatic carbocycles. The topological polar surface area (TPSA) is 21.6 Å². The van der Waals surface area contributed by atoms with Crippen LogP contribution in [0.2, 0.25) is 0 Å². The molecule has 0 fully saturated rings. The summed E-state index contributed by atoms with van der Waals surface area (Å²) in [4.78, 5) is 4.55. The van der Waals surface area contributed by atoms with Crippen LogP contribution in [0.5, 0.6) is 0 Å². The Morgan fingerprint density at radius 3 is 2.62 bits per heavy atom. The van der Waals surface area contributed by atoms with E-state index in [1.54, 1.807) is 6.92 Å². The Hall–Kier alpha value is -1.52. The molecular weight excluding hydrogens is 219 g/mol. The van der Waals surface area contributed by atoms with Crippen LogP contribution in [0, 0.1) is 0 Å². The van der Waals surface area contributed by atoms with E-state index in [1.807, 2.05) is 0 Å². The Kier molecular flexibility index (Phi) is 3.57. The summed E-state index contributed by atoms with van der Waals surface area (Å²) in [5.41, 5.74) is -2.37. The highest BCUT2D eigenvalue weighted by Gasteiger charge is 2.60. The Morgan fingerprint density at radius 2 is 2.25 bits per heavy atom. The van der Waals surface area contributed by atoms with Crippen molar-refractivity contribution in [1.82, 2.24) is 0 Å². The van der Waals surface area contributed by atoms with Crippen molar-refractivity contribution in [2.24, 2.45) is 5.16 Å². The third-order valence-corrected chi connectivity index (χ3v) is 2.23. The van der Waals surface area contributed by atoms with E-state index in [0.29, 0.717) is 0 Å². The van der Waals surface area contributed by atoms with Crippen molar-refractivity contribution in [3.8, 4) is 0 Å². The van der Waals surface area contributed by atoms with E-state index in [4.69, 9.17) is 0 Å². The van der Waals surface area contributed by atoms with Crippen molar-refractivity contribution in [3.63, 3.8) is 0 Å². The van der Waals surface area contributed by atoms with Gasteiger partial charge >= 0.3 is 6.18 Å². The second-order valence-corrected chi connectivity index (χ2v) is 3.27. The van der Waals surface area contributed by atoms with Gasteiger partial charge in [0.05, 0.1) is 0 Å². The van der Waals surface area contributed by atoms with Gasteiger partial charge in [-0.1, -0.05) is 36.0 Å². The molecule has 1 atom stereocenters. The van der Waals surface area contributed by atoms with Gasteiger partial charge < -0.3 is 4.84 Å². The van der Waals surface area contributed by atoms with Gasteiger partial charge in [-0.3, -0.25) is 0 Å². The summed E-state index contributed by atoms with van der Waals surface area (Å²) in [7, 11) is 0. The van der Waals surface area contributed by atoms with Crippen molar-refractivity contribution in [2.45, 2.75) is 25.1 Å². The highest BCUT2D eigenvalue weighted by atomic mass is 19.4. The van der Waals surface area contributed by atoms with Gasteiger partial charge in [-0.05, 0) is 6.92 Å². The van der Waals surface area contributed by atoms with Crippen LogP contribution >= 0.6 is 0 Å². The number of halogens is 3. The molecule has 5 heteroatoms. The first-order valence-electron chi connectivity index (χ1n) is 4.70. The van der Waals surface area contributed by atoms with E-state index < -0.39 is 11.8 Å². The molecule has 16 heavy (non-hydrogen) atoms. The Labute approximate surface area is 91.8 Å². The van der Waals surface area contributed by atoms with Gasteiger partial charge in [0.2, 0.25) is 0 Å². The second kappa shape index (κ2) is 4.55. The summed E-state index contributed by atoms with van der Waals surface area (Å²) in [5.74, 6) is 0. The first-order valence-corrected chi connectivity index (χ1v) is 4.70. The monoisotopic (exact) mass is 231 g/mol. The van der Waals surface area contributed by atoms with Crippen LogP contribution in [0.25, 0.3) is 0 Å². The molecule has 0 saturated carbocycles. The molecule has 0 N–H and O–H groups in total. The van der Waals surface area contributed by atoms with Crippen molar-refractivity contribution in [2.75, 3.05) is 0 Å². The molecule has 1 rings (SSSR count). The molecule has 0 aliphatic carbocycles. The van der Waals surface area contributed by atoms with E-state index in [9.17, 15) is 13.2 Å². The van der Waals surface area contributed by atoms with E-state index in [2.05, 4.69) is 16.6 Å². The summed E-state index contributed by atoms with van der Waals surface area (Å²) >= 11 is 0. The molecule has 0 amide bonds. The largest absolute Gasteiger partial charge is 0.435 e. The number of oxime groups is 1. The molecule has 1 aliphatic heterocycles. The van der Waals surface area contributed by atoms with E-state index in [-0.39, 0.29) is 12.0 Å². The van der Waals surface area contributed by atoms with Crippen molar-refractivity contribution >= 4 is 6.21 Å². The maximum Gasteiger partial charge on any atom is 0.435 e. The average Bonchev–Trinajstić information content (AvgIpc) is 2.66. The molecule has 1 aliphatic rings. The number of hydrogen-bond acceptors (Lipinski definition) is 2. The fraction of sp³-hybridized carbons (Fsp3) is 0.364. The number of hydrogen-bond donors (Lipinski definition) is 0. The Bertz CT molecular complexity index is 345. The fourth-order valence-electron chi connectivity index (χ4n) is 1.46. The highest BCUT2D eigenvalue weighted by molar-refractivity contribution is 5.63. The summed E-state index contributed by atoms with van der Waals surface area (Å²) in [6.07, 6.45) is 1.73. The van der Waals surface area contributed by atoms with Gasteiger partial charge in [-0.2, -0.15) is 13.2 Å². The lowest BCUT2D eigenvalue weighted by Gasteiger charge is -2.29. The molecule has 88 valence electrons. The van der Waals surface area contributed by atoms with Gasteiger partial charge in [0.15, 0.2) is 0 Å². The van der Waals surface area contributed by atoms with Crippen LogP contribution in [-0.4, -0.2) is 18.0 Å². The zero-order chi connectivity index (χ0) is 12.2. The third kappa shape index (κ3) is 2.03. The Morgan fingerprint density at radius 1 is 1.56 bits per heavy atom. The lowest BCUT2D eigenvalue weighted by molar-refractivity contribution is -0.251. The molecule has 0 saturated heterocycles. The van der Waals surface area contributed by atoms with Crippen molar-refractivity contribution in [1.29, 1.82) is 0 Å². The summed E-state index contributed by atoms with van der Waals surface area (Å²) in [5, 5.41) is 3.23. The maximum atomic E-state index is 13.0. The SMILES string of the molecule is C=C/C=C(\C=C/C)C1(C(F)(F)F)CC=NO1. The Balaban J connectivity index is 3.20. The quantitative estimate of drug-likeness (QED) is 0.682. The maximum absolute atomic E-state index is 13.0. The molecule has 1 unspecified atom stereocenters. The van der Waals surface area contributed by atoms with Gasteiger partial charge in [-0.25, -0.2) is 0 Å². The minimum Gasteiger partial charge on any atom is -0.375 e. The lowest BCUT2D eigenvalue weighted by atomic mass is 9.89. The number of alkyl halides is 3. The van der Waals surface area contributed by atoms with E-state index >= 15 is 0 Å². The van der Waals surface area contributed by atoms with Gasteiger partial charge in [0, 0.05) is 18.2 Å². The number of rotatable bonds is 3. The van der Waals surface area contributed by atoms with Gasteiger partial charge in [0.25, 0.3) is 5.60 Å². The molecule has 0 aromatic rings. The first-order chi connectivity index (χ1) is 7.48. The molecule has 0 bridgehead atoms. The molecule has 0 aromatic heterocycles. The zero-order valence-corrected chi connectivity index (χ0v) is 8.79. The minimum absolute atomic E-state index is 0.00463. The average molecular weight is 231 g/mol. The van der Waals surface area contributed by atoms with E-state index in [0.717, 1.165) is 6.21 Å². The van der Waals surface area contributed by atoms with Crippen LogP contribution in [0.15, 0.2) is 41.6 Å². The number of allylic oxidation sites excluding steroid dienone is 3. The lowest BCUT2D eigenvalue weighted by Crippen LogP contribution is -2.46. The predicted molar refractivity (Wildman–Crippen MR) is 56.1 cm³/mol. The summed E-state index contributed by atoms with van der Waals surface area (Å²) in [6, 6.07) is 0. The van der Waals surface area contributed by atoms with Crippen molar-refractivity contribution in [3.05, 3.63) is 36.5 Å². The molecule has 0 radical (unpaired) electrons. The normalized spacial score (nSPS) is 26.1. The van der Waals surface area contributed by atoms with Crippen LogP contribution in [0.3, 0.4) is 0 Å². The highest BCUT2D eigenvalue weighted by Crippen LogP contribution is 2.44. The second-order valence-electron chi connectivity index (χ2n) is 3.27. The van der Waals surface area contributed by atoms with Gasteiger partial charge in [-0.15, -0.1) is 0 Å². The molecule has 1 heterocycles. The summed E-state index contributed by atoms with van der Waals surface area (Å²) in [6.45, 7) is 5.03. The van der Waals surface area contributed by atoms with Crippen LogP contribution in [0.1, 0.15) is 13.3 Å². The predicted octanol–water partition coefficient (Wildman–Crippen LogP) is 3.38. The molecule has 0 spiro atoms. The van der Waals surface area contributed by atoms with Crippen LogP contribution in [0.4, 0.5) is 13.2 Å². The van der Waals surface area contributed by atoms with Crippen LogP contribution in [-0.2, 0) is 4.84 Å². The van der Waals surface area contributed by atoms with E-state index in [1.165, 1.54) is 24.3 Å². The van der Waals surface area contributed by atoms with Crippen LogP contribution < -0.4 is 0 Å². The zero-order valence-electron chi connectivity index (χ0n) is 8.79. The minimum atomic E-state index is -4.52. The van der Waals surface area contributed by atoms with Crippen molar-refractivity contribution < 1.29 is 18.0 Å².